The molecule has 2 nitrogen and oxygen atoms in total. The highest BCUT2D eigenvalue weighted by Gasteiger charge is 2.06. The molecule has 0 radical (unpaired) electrons. The number of benzene rings is 2. The quantitative estimate of drug-likeness (QED) is 0.645. The van der Waals surface area contributed by atoms with Crippen LogP contribution in [0.1, 0.15) is 0 Å². The molecule has 0 aliphatic rings. The molecule has 0 N–H and O–H groups in total. The van der Waals surface area contributed by atoms with Gasteiger partial charge in [-0.05, 0) is 30.3 Å². The van der Waals surface area contributed by atoms with Crippen LogP contribution in [0.3, 0.4) is 0 Å². The van der Waals surface area contributed by atoms with Gasteiger partial charge in [-0.1, -0.05) is 41.6 Å². The van der Waals surface area contributed by atoms with Crippen LogP contribution in [0, 0.1) is 0 Å². The first kappa shape index (κ1) is 11.5. The molecule has 3 rings (SSSR count). The molecule has 0 unspecified atom stereocenters. The van der Waals surface area contributed by atoms with E-state index < -0.39 is 0 Å². The summed E-state index contributed by atoms with van der Waals surface area (Å²) in [4.78, 5) is 9.73. The van der Waals surface area contributed by atoms with Gasteiger partial charge in [0.1, 0.15) is 11.4 Å². The third kappa shape index (κ3) is 2.33. The summed E-state index contributed by atoms with van der Waals surface area (Å²) in [7, 11) is 0. The third-order valence-corrected chi connectivity index (χ3v) is 3.78. The van der Waals surface area contributed by atoms with Crippen LogP contribution < -0.4 is 0 Å². The Balaban J connectivity index is 2.09. The number of nitrogens with zero attached hydrogens (tertiary/aromatic N) is 2. The Kier molecular flexibility index (Phi) is 3.17. The predicted octanol–water partition coefficient (Wildman–Crippen LogP) is 4.43. The van der Waals surface area contributed by atoms with Crippen molar-refractivity contribution in [3.8, 4) is 0 Å². The summed E-state index contributed by atoms with van der Waals surface area (Å²) in [6, 6.07) is 15.8. The van der Waals surface area contributed by atoms with Crippen LogP contribution in [0.4, 0.5) is 0 Å². The van der Waals surface area contributed by atoms with E-state index in [4.69, 9.17) is 11.6 Å². The molecule has 0 fully saturated rings. The molecule has 1 aromatic heterocycles. The first-order valence-corrected chi connectivity index (χ1v) is 6.65. The van der Waals surface area contributed by atoms with E-state index in [1.54, 1.807) is 18.1 Å². The topological polar surface area (TPSA) is 25.8 Å². The molecule has 3 aromatic rings. The highest BCUT2D eigenvalue weighted by Crippen LogP contribution is 2.31. The number of hydrogen-bond acceptors (Lipinski definition) is 3. The summed E-state index contributed by atoms with van der Waals surface area (Å²) in [5, 5.41) is 2.61. The number of halogens is 1. The van der Waals surface area contributed by atoms with Crippen molar-refractivity contribution in [1.29, 1.82) is 0 Å². The normalized spacial score (nSPS) is 10.7. The Hall–Kier alpha value is -1.58. The van der Waals surface area contributed by atoms with Gasteiger partial charge < -0.3 is 0 Å². The fourth-order valence-electron chi connectivity index (χ4n) is 1.69. The van der Waals surface area contributed by atoms with Gasteiger partial charge in [0.05, 0.1) is 5.52 Å². The fraction of sp³-hybridized carbons (Fsp3) is 0. The summed E-state index contributed by atoms with van der Waals surface area (Å²) < 4.78 is 0. The summed E-state index contributed by atoms with van der Waals surface area (Å²) in [5.74, 6) is 0. The first-order chi connectivity index (χ1) is 8.83. The Morgan fingerprint density at radius 1 is 0.944 bits per heavy atom. The van der Waals surface area contributed by atoms with E-state index >= 15 is 0 Å². The van der Waals surface area contributed by atoms with E-state index in [-0.39, 0.29) is 0 Å². The van der Waals surface area contributed by atoms with Crippen molar-refractivity contribution in [2.75, 3.05) is 0 Å². The standard InChI is InChI=1S/C14H9ClN2S/c15-10-6-7-13-12(8-10)14(17-9-16-13)18-11-4-2-1-3-5-11/h1-9H. The van der Waals surface area contributed by atoms with Crippen molar-refractivity contribution in [2.45, 2.75) is 9.92 Å². The van der Waals surface area contributed by atoms with E-state index in [9.17, 15) is 0 Å². The zero-order valence-corrected chi connectivity index (χ0v) is 10.9. The number of rotatable bonds is 2. The predicted molar refractivity (Wildman–Crippen MR) is 75.1 cm³/mol. The molecule has 0 amide bonds. The zero-order valence-electron chi connectivity index (χ0n) is 9.38. The van der Waals surface area contributed by atoms with E-state index in [1.165, 1.54) is 0 Å². The van der Waals surface area contributed by atoms with Gasteiger partial charge in [0.25, 0.3) is 0 Å². The smallest absolute Gasteiger partial charge is 0.117 e. The molecule has 2 aromatic carbocycles. The second kappa shape index (κ2) is 4.96. The molecule has 0 spiro atoms. The molecule has 0 aliphatic heterocycles. The maximum atomic E-state index is 6.03. The largest absolute Gasteiger partial charge is 0.236 e. The molecule has 1 heterocycles. The molecule has 0 saturated carbocycles. The van der Waals surface area contributed by atoms with Gasteiger partial charge in [-0.3, -0.25) is 0 Å². The Morgan fingerprint density at radius 2 is 1.78 bits per heavy atom. The SMILES string of the molecule is Clc1ccc2ncnc(Sc3ccccc3)c2c1. The average Bonchev–Trinajstić information content (AvgIpc) is 2.41. The first-order valence-electron chi connectivity index (χ1n) is 5.46. The zero-order chi connectivity index (χ0) is 12.4. The van der Waals surface area contributed by atoms with Crippen molar-refractivity contribution < 1.29 is 0 Å². The van der Waals surface area contributed by atoms with Crippen molar-refractivity contribution in [3.63, 3.8) is 0 Å². The molecular formula is C14H9ClN2S. The van der Waals surface area contributed by atoms with Crippen LogP contribution in [0.15, 0.2) is 64.8 Å². The van der Waals surface area contributed by atoms with E-state index in [2.05, 4.69) is 22.1 Å². The van der Waals surface area contributed by atoms with E-state index in [1.807, 2.05) is 36.4 Å². The molecule has 18 heavy (non-hydrogen) atoms. The highest BCUT2D eigenvalue weighted by atomic mass is 35.5. The summed E-state index contributed by atoms with van der Waals surface area (Å²) in [6.07, 6.45) is 1.58. The lowest BCUT2D eigenvalue weighted by molar-refractivity contribution is 1.10. The van der Waals surface area contributed by atoms with Crippen LogP contribution in [0.5, 0.6) is 0 Å². The van der Waals surface area contributed by atoms with Gasteiger partial charge in [-0.25, -0.2) is 9.97 Å². The van der Waals surface area contributed by atoms with Crippen molar-refractivity contribution >= 4 is 34.3 Å². The summed E-state index contributed by atoms with van der Waals surface area (Å²) in [6.45, 7) is 0. The second-order valence-corrected chi connectivity index (χ2v) is 5.25. The molecule has 0 bridgehead atoms. The van der Waals surface area contributed by atoms with Crippen LogP contribution in [-0.4, -0.2) is 9.97 Å². The lowest BCUT2D eigenvalue weighted by atomic mass is 10.2. The minimum absolute atomic E-state index is 0.701. The molecule has 88 valence electrons. The van der Waals surface area contributed by atoms with Crippen molar-refractivity contribution in [1.82, 2.24) is 9.97 Å². The Labute approximate surface area is 114 Å². The maximum absolute atomic E-state index is 6.03. The number of aromatic nitrogens is 2. The fourth-order valence-corrected chi connectivity index (χ4v) is 2.75. The van der Waals surface area contributed by atoms with Gasteiger partial charge in [0, 0.05) is 15.3 Å². The average molecular weight is 273 g/mol. The molecule has 0 aliphatic carbocycles. The molecule has 0 saturated heterocycles. The summed E-state index contributed by atoms with van der Waals surface area (Å²) in [5.41, 5.74) is 0.910. The highest BCUT2D eigenvalue weighted by molar-refractivity contribution is 7.99. The van der Waals surface area contributed by atoms with Gasteiger partial charge in [0.2, 0.25) is 0 Å². The van der Waals surface area contributed by atoms with Crippen molar-refractivity contribution in [2.24, 2.45) is 0 Å². The number of hydrogen-bond donors (Lipinski definition) is 0. The minimum atomic E-state index is 0.701. The van der Waals surface area contributed by atoms with Crippen LogP contribution >= 0.6 is 23.4 Å². The Morgan fingerprint density at radius 3 is 2.61 bits per heavy atom. The lowest BCUT2D eigenvalue weighted by Gasteiger charge is -2.04. The Bertz CT molecular complexity index is 686. The second-order valence-electron chi connectivity index (χ2n) is 3.76. The minimum Gasteiger partial charge on any atom is -0.236 e. The van der Waals surface area contributed by atoms with Crippen LogP contribution in [0.2, 0.25) is 5.02 Å². The van der Waals surface area contributed by atoms with E-state index in [0.29, 0.717) is 5.02 Å². The monoisotopic (exact) mass is 272 g/mol. The van der Waals surface area contributed by atoms with Crippen LogP contribution in [0.25, 0.3) is 10.9 Å². The van der Waals surface area contributed by atoms with E-state index in [0.717, 1.165) is 20.8 Å². The van der Waals surface area contributed by atoms with Gasteiger partial charge in [-0.15, -0.1) is 0 Å². The van der Waals surface area contributed by atoms with Gasteiger partial charge >= 0.3 is 0 Å². The van der Waals surface area contributed by atoms with Crippen molar-refractivity contribution in [3.05, 3.63) is 59.9 Å². The van der Waals surface area contributed by atoms with Gasteiger partial charge in [0.15, 0.2) is 0 Å². The lowest BCUT2D eigenvalue weighted by Crippen LogP contribution is -1.86. The van der Waals surface area contributed by atoms with Gasteiger partial charge in [-0.2, -0.15) is 0 Å². The summed E-state index contributed by atoms with van der Waals surface area (Å²) >= 11 is 7.64. The molecular weight excluding hydrogens is 264 g/mol. The number of fused-ring (bicyclic) bond motifs is 1. The third-order valence-electron chi connectivity index (χ3n) is 2.52. The van der Waals surface area contributed by atoms with Crippen LogP contribution in [-0.2, 0) is 0 Å². The molecule has 4 heteroatoms. The maximum Gasteiger partial charge on any atom is 0.117 e. The molecule has 0 atom stereocenters.